The molecule has 0 aromatic heterocycles. The number of benzene rings is 7. The molecule has 0 N–H and O–H groups in total. The van der Waals surface area contributed by atoms with E-state index in [2.05, 4.69) is 211 Å². The first kappa shape index (κ1) is 34.6. The topological polar surface area (TPSA) is 6.48 Å². The Hall–Kier alpha value is -5.86. The zero-order valence-electron chi connectivity index (χ0n) is 31.8. The first-order valence-electron chi connectivity index (χ1n) is 18.3. The molecule has 7 rings (SSSR count). The van der Waals surface area contributed by atoms with Gasteiger partial charge in [-0.05, 0) is 161 Å². The Morgan fingerprint density at radius 1 is 0.250 bits per heavy atom. The van der Waals surface area contributed by atoms with E-state index in [1.165, 1.54) is 89.5 Å². The van der Waals surface area contributed by atoms with Gasteiger partial charge in [0.1, 0.15) is 0 Å². The molecule has 0 spiro atoms. The van der Waals surface area contributed by atoms with E-state index in [0.717, 1.165) is 11.4 Å². The van der Waals surface area contributed by atoms with Crippen molar-refractivity contribution in [3.05, 3.63) is 190 Å². The Bertz CT molecular complexity index is 2190. The summed E-state index contributed by atoms with van der Waals surface area (Å²) in [5.41, 5.74) is 22.0. The van der Waals surface area contributed by atoms with Crippen molar-refractivity contribution in [3.63, 3.8) is 0 Å². The van der Waals surface area contributed by atoms with E-state index in [9.17, 15) is 0 Å². The van der Waals surface area contributed by atoms with Crippen LogP contribution in [-0.2, 0) is 0 Å². The van der Waals surface area contributed by atoms with Crippen molar-refractivity contribution in [2.24, 2.45) is 0 Å². The molecule has 2 heteroatoms. The monoisotopic (exact) mass is 676 g/mol. The zero-order valence-corrected chi connectivity index (χ0v) is 31.8. The Balaban J connectivity index is 1.19. The minimum absolute atomic E-state index is 1.16. The van der Waals surface area contributed by atoms with Crippen molar-refractivity contribution in [1.29, 1.82) is 0 Å². The van der Waals surface area contributed by atoms with Crippen LogP contribution in [0.25, 0.3) is 22.3 Å². The average Bonchev–Trinajstić information content (AvgIpc) is 3.13. The maximum absolute atomic E-state index is 2.39. The quantitative estimate of drug-likeness (QED) is 0.158. The molecule has 258 valence electrons. The summed E-state index contributed by atoms with van der Waals surface area (Å²) in [5, 5.41) is 0. The van der Waals surface area contributed by atoms with E-state index < -0.39 is 0 Å². The van der Waals surface area contributed by atoms with Crippen LogP contribution in [0.5, 0.6) is 0 Å². The molecule has 0 saturated carbocycles. The van der Waals surface area contributed by atoms with E-state index in [0.29, 0.717) is 0 Å². The number of anilines is 6. The maximum atomic E-state index is 2.39. The van der Waals surface area contributed by atoms with Gasteiger partial charge < -0.3 is 9.80 Å². The molecule has 0 fully saturated rings. The fourth-order valence-electron chi connectivity index (χ4n) is 7.34. The molecule has 0 aliphatic carbocycles. The second-order valence-corrected chi connectivity index (χ2v) is 14.5. The predicted octanol–water partition coefficient (Wildman–Crippen LogP) is 14.4. The van der Waals surface area contributed by atoms with E-state index in [1.807, 2.05) is 0 Å². The van der Waals surface area contributed by atoms with Crippen LogP contribution in [-0.4, -0.2) is 0 Å². The number of nitrogens with zero attached hydrogens (tertiary/aromatic N) is 2. The van der Waals surface area contributed by atoms with Gasteiger partial charge in [-0.1, -0.05) is 107 Å². The van der Waals surface area contributed by atoms with E-state index >= 15 is 0 Å². The van der Waals surface area contributed by atoms with E-state index in [-0.39, 0.29) is 0 Å². The van der Waals surface area contributed by atoms with Gasteiger partial charge in [-0.3, -0.25) is 0 Å². The third-order valence-electron chi connectivity index (χ3n) is 10.2. The molecule has 2 nitrogen and oxygen atoms in total. The SMILES string of the molecule is Cc1ccc(N(c2ccc(C)cc2C)c2ccc(-c3ccc(-c4ccc(N(c5ccc(C)cc5)c5ccc(C)cc5C)c(C)c4)cc3)cc2C)cc1. The zero-order chi connectivity index (χ0) is 36.5. The summed E-state index contributed by atoms with van der Waals surface area (Å²) >= 11 is 0. The first-order valence-corrected chi connectivity index (χ1v) is 18.3. The summed E-state index contributed by atoms with van der Waals surface area (Å²) in [6.45, 7) is 17.4. The summed E-state index contributed by atoms with van der Waals surface area (Å²) in [6.07, 6.45) is 0. The van der Waals surface area contributed by atoms with Gasteiger partial charge in [0.15, 0.2) is 0 Å². The van der Waals surface area contributed by atoms with Crippen LogP contribution in [0.15, 0.2) is 146 Å². The molecule has 0 radical (unpaired) electrons. The molecular formula is C50H48N2. The van der Waals surface area contributed by atoms with Gasteiger partial charge in [0.25, 0.3) is 0 Å². The van der Waals surface area contributed by atoms with Crippen molar-refractivity contribution in [2.45, 2.75) is 55.4 Å². The fraction of sp³-hybridized carbons (Fsp3) is 0.160. The van der Waals surface area contributed by atoms with E-state index in [1.54, 1.807) is 0 Å². The van der Waals surface area contributed by atoms with Gasteiger partial charge in [-0.15, -0.1) is 0 Å². The Kier molecular flexibility index (Phi) is 9.58. The van der Waals surface area contributed by atoms with Crippen molar-refractivity contribution in [3.8, 4) is 22.3 Å². The molecule has 0 unspecified atom stereocenters. The smallest absolute Gasteiger partial charge is 0.0491 e. The third kappa shape index (κ3) is 7.02. The maximum Gasteiger partial charge on any atom is 0.0491 e. The van der Waals surface area contributed by atoms with Crippen LogP contribution in [0.1, 0.15) is 44.5 Å². The van der Waals surface area contributed by atoms with Crippen LogP contribution in [0.4, 0.5) is 34.1 Å². The lowest BCUT2D eigenvalue weighted by Gasteiger charge is -2.29. The minimum Gasteiger partial charge on any atom is -0.310 e. The molecule has 52 heavy (non-hydrogen) atoms. The minimum atomic E-state index is 1.16. The Morgan fingerprint density at radius 2 is 0.519 bits per heavy atom. The van der Waals surface area contributed by atoms with Crippen LogP contribution < -0.4 is 9.80 Å². The number of hydrogen-bond donors (Lipinski definition) is 0. The highest BCUT2D eigenvalue weighted by Crippen LogP contribution is 2.42. The summed E-state index contributed by atoms with van der Waals surface area (Å²) in [4.78, 5) is 4.78. The summed E-state index contributed by atoms with van der Waals surface area (Å²) < 4.78 is 0. The van der Waals surface area contributed by atoms with Crippen LogP contribution in [0.3, 0.4) is 0 Å². The van der Waals surface area contributed by atoms with Crippen LogP contribution in [0.2, 0.25) is 0 Å². The number of hydrogen-bond acceptors (Lipinski definition) is 2. The first-order chi connectivity index (χ1) is 25.0. The molecule has 0 amide bonds. The lowest BCUT2D eigenvalue weighted by molar-refractivity contribution is 1.21. The molecule has 7 aromatic carbocycles. The van der Waals surface area contributed by atoms with Gasteiger partial charge in [0.2, 0.25) is 0 Å². The molecule has 0 atom stereocenters. The molecule has 0 saturated heterocycles. The highest BCUT2D eigenvalue weighted by molar-refractivity contribution is 5.84. The molecular weight excluding hydrogens is 629 g/mol. The second-order valence-electron chi connectivity index (χ2n) is 14.5. The molecule has 0 heterocycles. The Morgan fingerprint density at radius 3 is 0.827 bits per heavy atom. The third-order valence-corrected chi connectivity index (χ3v) is 10.2. The standard InChI is InChI=1S/C50H48N2/c1-33-9-21-45(22-10-33)51(47-25-13-35(3)29-37(47)5)49-27-19-43(31-39(49)7)41-15-17-42(18-16-41)44-20-28-50(40(8)32-44)52(46-23-11-34(2)12-24-46)48-26-14-36(4)30-38(48)6/h9-32H,1-8H3. The highest BCUT2D eigenvalue weighted by atomic mass is 15.2. The number of rotatable bonds is 8. The van der Waals surface area contributed by atoms with Gasteiger partial charge in [0, 0.05) is 34.1 Å². The van der Waals surface area contributed by atoms with Gasteiger partial charge in [-0.25, -0.2) is 0 Å². The molecule has 7 aromatic rings. The summed E-state index contributed by atoms with van der Waals surface area (Å²) in [7, 11) is 0. The van der Waals surface area contributed by atoms with Gasteiger partial charge in [0.05, 0.1) is 0 Å². The van der Waals surface area contributed by atoms with Gasteiger partial charge in [-0.2, -0.15) is 0 Å². The Labute approximate surface area is 310 Å². The summed E-state index contributed by atoms with van der Waals surface area (Å²) in [6, 6.07) is 53.8. The van der Waals surface area contributed by atoms with Crippen molar-refractivity contribution in [1.82, 2.24) is 0 Å². The average molecular weight is 677 g/mol. The molecule has 0 aliphatic rings. The van der Waals surface area contributed by atoms with Crippen molar-refractivity contribution < 1.29 is 0 Å². The normalized spacial score (nSPS) is 11.1. The molecule has 0 aliphatic heterocycles. The fourth-order valence-corrected chi connectivity index (χ4v) is 7.34. The van der Waals surface area contributed by atoms with Crippen LogP contribution in [0, 0.1) is 55.4 Å². The van der Waals surface area contributed by atoms with Crippen LogP contribution >= 0.6 is 0 Å². The van der Waals surface area contributed by atoms with Gasteiger partial charge >= 0.3 is 0 Å². The van der Waals surface area contributed by atoms with Crippen molar-refractivity contribution >= 4 is 34.1 Å². The highest BCUT2D eigenvalue weighted by Gasteiger charge is 2.19. The lowest BCUT2D eigenvalue weighted by Crippen LogP contribution is -2.13. The second kappa shape index (κ2) is 14.4. The molecule has 0 bridgehead atoms. The predicted molar refractivity (Wildman–Crippen MR) is 225 cm³/mol. The number of aryl methyl sites for hydroxylation is 8. The largest absolute Gasteiger partial charge is 0.310 e. The van der Waals surface area contributed by atoms with Crippen molar-refractivity contribution in [2.75, 3.05) is 9.80 Å². The lowest BCUT2D eigenvalue weighted by atomic mass is 9.96. The van der Waals surface area contributed by atoms with E-state index in [4.69, 9.17) is 0 Å². The summed E-state index contributed by atoms with van der Waals surface area (Å²) in [5.74, 6) is 0.